The molecular formula is C30H51AuS3. The van der Waals surface area contributed by atoms with Gasteiger partial charge in [0.25, 0.3) is 0 Å². The molecule has 0 heterocycles. The zero-order chi connectivity index (χ0) is 24.7. The fourth-order valence-corrected chi connectivity index (χ4v) is 10.6. The molecule has 9 saturated carbocycles. The second-order valence-corrected chi connectivity index (χ2v) is 16.8. The normalized spacial score (nSPS) is 51.9. The molecule has 9 aliphatic rings. The summed E-state index contributed by atoms with van der Waals surface area (Å²) in [6.07, 6.45) is 8.30. The summed E-state index contributed by atoms with van der Waals surface area (Å²) in [6.45, 7) is 21.6. The minimum Gasteiger partial charge on any atom is -0.789 e. The third-order valence-corrected chi connectivity index (χ3v) is 14.7. The van der Waals surface area contributed by atoms with Gasteiger partial charge >= 0.3 is 22.4 Å². The van der Waals surface area contributed by atoms with Crippen molar-refractivity contribution < 1.29 is 22.4 Å². The minimum absolute atomic E-state index is 0. The SMILES string of the molecule is CC1C([S-])CC2CC1C2(C)C.CC1C([S-])CC2CC1C2(C)C.CC1C([S-])CC2CC1C2(C)C.[Au+3]. The third kappa shape index (κ3) is 4.94. The van der Waals surface area contributed by atoms with E-state index >= 15 is 0 Å². The monoisotopic (exact) mass is 704 g/mol. The van der Waals surface area contributed by atoms with Crippen LogP contribution < -0.4 is 0 Å². The van der Waals surface area contributed by atoms with Crippen LogP contribution in [0.15, 0.2) is 0 Å². The third-order valence-electron chi connectivity index (χ3n) is 12.9. The quantitative estimate of drug-likeness (QED) is 0.187. The van der Waals surface area contributed by atoms with Crippen molar-refractivity contribution in [2.75, 3.05) is 0 Å². The van der Waals surface area contributed by atoms with Crippen LogP contribution >= 0.6 is 0 Å². The van der Waals surface area contributed by atoms with Crippen LogP contribution in [0.5, 0.6) is 0 Å². The fourth-order valence-electron chi connectivity index (χ4n) is 9.31. The summed E-state index contributed by atoms with van der Waals surface area (Å²) in [5.41, 5.74) is 1.86. The number of hydrogen-bond acceptors (Lipinski definition) is 3. The Morgan fingerprint density at radius 3 is 0.765 bits per heavy atom. The molecule has 0 nitrogen and oxygen atoms in total. The van der Waals surface area contributed by atoms with E-state index in [1.165, 1.54) is 38.5 Å². The average molecular weight is 705 g/mol. The van der Waals surface area contributed by atoms with Crippen LogP contribution in [0.4, 0.5) is 0 Å². The van der Waals surface area contributed by atoms with Gasteiger partial charge < -0.3 is 37.9 Å². The van der Waals surface area contributed by atoms with E-state index < -0.39 is 0 Å². The summed E-state index contributed by atoms with van der Waals surface area (Å²) in [4.78, 5) is 0. The van der Waals surface area contributed by atoms with Crippen LogP contribution in [-0.4, -0.2) is 15.7 Å². The molecule has 0 aromatic rings. The maximum atomic E-state index is 5.42. The van der Waals surface area contributed by atoms with E-state index in [2.05, 4.69) is 62.3 Å². The Morgan fingerprint density at radius 2 is 0.647 bits per heavy atom. The van der Waals surface area contributed by atoms with Crippen molar-refractivity contribution >= 4 is 37.9 Å². The molecule has 12 atom stereocenters. The molecular weight excluding hydrogens is 653 g/mol. The van der Waals surface area contributed by atoms with E-state index in [9.17, 15) is 0 Å². The molecule has 0 spiro atoms. The van der Waals surface area contributed by atoms with Gasteiger partial charge in [0.1, 0.15) is 0 Å². The van der Waals surface area contributed by atoms with E-state index in [4.69, 9.17) is 37.9 Å². The van der Waals surface area contributed by atoms with Gasteiger partial charge in [0.05, 0.1) is 0 Å². The van der Waals surface area contributed by atoms with Gasteiger partial charge in [-0.3, -0.25) is 0 Å². The van der Waals surface area contributed by atoms with Crippen molar-refractivity contribution in [3.63, 3.8) is 0 Å². The van der Waals surface area contributed by atoms with Gasteiger partial charge in [0, 0.05) is 0 Å². The van der Waals surface area contributed by atoms with Crippen LogP contribution in [0.3, 0.4) is 0 Å². The summed E-state index contributed by atoms with van der Waals surface area (Å²) < 4.78 is 0. The number of fused-ring (bicyclic) bond motifs is 6. The summed E-state index contributed by atoms with van der Waals surface area (Å²) in [5, 5.41) is 1.73. The molecule has 200 valence electrons. The smallest absolute Gasteiger partial charge is 0.789 e. The molecule has 6 bridgehead atoms. The van der Waals surface area contributed by atoms with Crippen molar-refractivity contribution in [1.82, 2.24) is 0 Å². The Morgan fingerprint density at radius 1 is 0.441 bits per heavy atom. The minimum atomic E-state index is 0. The molecule has 0 radical (unpaired) electrons. The van der Waals surface area contributed by atoms with Crippen molar-refractivity contribution in [3.05, 3.63) is 0 Å². The molecule has 0 aromatic heterocycles. The van der Waals surface area contributed by atoms with Gasteiger partial charge in [0.2, 0.25) is 0 Å². The summed E-state index contributed by atoms with van der Waals surface area (Å²) in [5.74, 6) is 8.04. The van der Waals surface area contributed by atoms with Gasteiger partial charge in [-0.1, -0.05) is 99.3 Å². The molecule has 9 aliphatic carbocycles. The Bertz CT molecular complexity index is 623. The van der Waals surface area contributed by atoms with E-state index in [-0.39, 0.29) is 22.4 Å². The summed E-state index contributed by atoms with van der Waals surface area (Å²) in [7, 11) is 0. The first kappa shape index (κ1) is 30.3. The maximum Gasteiger partial charge on any atom is 3.00 e. The molecule has 4 heteroatoms. The van der Waals surface area contributed by atoms with Crippen LogP contribution in [0.1, 0.15) is 101 Å². The van der Waals surface area contributed by atoms with Crippen LogP contribution in [0, 0.1) is 69.5 Å². The van der Waals surface area contributed by atoms with E-state index in [0.29, 0.717) is 32.0 Å². The summed E-state index contributed by atoms with van der Waals surface area (Å²) in [6, 6.07) is 0. The molecule has 12 unspecified atom stereocenters. The van der Waals surface area contributed by atoms with Crippen LogP contribution in [-0.2, 0) is 60.3 Å². The first-order chi connectivity index (χ1) is 15.1. The molecule has 9 rings (SSSR count). The van der Waals surface area contributed by atoms with Gasteiger partial charge in [-0.15, -0.1) is 0 Å². The van der Waals surface area contributed by atoms with Crippen LogP contribution in [0.25, 0.3) is 0 Å². The fraction of sp³-hybridized carbons (Fsp3) is 1.00. The topological polar surface area (TPSA) is 0 Å². The molecule has 34 heavy (non-hydrogen) atoms. The Balaban J connectivity index is 0.000000141. The van der Waals surface area contributed by atoms with Gasteiger partial charge in [-0.2, -0.15) is 15.7 Å². The van der Waals surface area contributed by atoms with Crippen molar-refractivity contribution in [2.24, 2.45) is 69.5 Å². The molecule has 0 saturated heterocycles. The van der Waals surface area contributed by atoms with Gasteiger partial charge in [-0.05, 0) is 71.0 Å². The molecule has 9 fully saturated rings. The zero-order valence-corrected chi connectivity index (χ0v) is 27.8. The number of hydrogen-bond donors (Lipinski definition) is 0. The second-order valence-electron chi connectivity index (χ2n) is 15.0. The average Bonchev–Trinajstić information content (AvgIpc) is 2.73. The predicted molar refractivity (Wildman–Crippen MR) is 151 cm³/mol. The Hall–Kier alpha value is 1.79. The largest absolute Gasteiger partial charge is 3.00 e. The van der Waals surface area contributed by atoms with Crippen molar-refractivity contribution in [2.45, 2.75) is 117 Å². The first-order valence-corrected chi connectivity index (χ1v) is 15.5. The van der Waals surface area contributed by atoms with Gasteiger partial charge in [-0.25, -0.2) is 0 Å². The molecule has 0 amide bonds. The number of rotatable bonds is 0. The van der Waals surface area contributed by atoms with Crippen molar-refractivity contribution in [1.29, 1.82) is 0 Å². The van der Waals surface area contributed by atoms with E-state index in [1.54, 1.807) is 0 Å². The van der Waals surface area contributed by atoms with Crippen LogP contribution in [0.2, 0.25) is 0 Å². The Kier molecular flexibility index (Phi) is 9.28. The molecule has 0 N–H and O–H groups in total. The Labute approximate surface area is 244 Å². The van der Waals surface area contributed by atoms with E-state index in [1.807, 2.05) is 0 Å². The van der Waals surface area contributed by atoms with Gasteiger partial charge in [0.15, 0.2) is 0 Å². The molecule has 0 aromatic carbocycles. The second kappa shape index (κ2) is 10.4. The predicted octanol–water partition coefficient (Wildman–Crippen LogP) is 7.81. The standard InChI is InChI=1S/3C10H18S.Au/c3*1-6-8-4-7(5-9(6)11)10(8,2)3;/h3*6-9,11H,4-5H2,1-3H3;/q;;;+3/p-3. The van der Waals surface area contributed by atoms with Crippen molar-refractivity contribution in [3.8, 4) is 0 Å². The zero-order valence-electron chi connectivity index (χ0n) is 23.2. The summed E-state index contributed by atoms with van der Waals surface area (Å²) >= 11 is 16.3. The molecule has 0 aliphatic heterocycles. The first-order valence-electron chi connectivity index (χ1n) is 14.1. The maximum absolute atomic E-state index is 5.42. The van der Waals surface area contributed by atoms with E-state index in [0.717, 1.165) is 53.3 Å².